The summed E-state index contributed by atoms with van der Waals surface area (Å²) in [6, 6.07) is 7.29. The van der Waals surface area contributed by atoms with Crippen molar-refractivity contribution in [3.63, 3.8) is 0 Å². The molecule has 2 aliphatic rings. The Morgan fingerprint density at radius 2 is 1.80 bits per heavy atom. The Hall–Kier alpha value is -2.38. The lowest BCUT2D eigenvalue weighted by atomic mass is 9.76. The first-order valence-corrected chi connectivity index (χ1v) is 10.7. The highest BCUT2D eigenvalue weighted by Gasteiger charge is 2.40. The molecule has 2 aliphatic heterocycles. The van der Waals surface area contributed by atoms with Gasteiger partial charge in [0.05, 0.1) is 24.2 Å². The van der Waals surface area contributed by atoms with Crippen LogP contribution in [0.15, 0.2) is 36.4 Å². The summed E-state index contributed by atoms with van der Waals surface area (Å²) in [4.78, 5) is 29.4. The molecule has 0 aliphatic carbocycles. The van der Waals surface area contributed by atoms with E-state index in [4.69, 9.17) is 9.47 Å². The van der Waals surface area contributed by atoms with E-state index in [0.29, 0.717) is 57.2 Å². The van der Waals surface area contributed by atoms with E-state index in [1.807, 2.05) is 37.4 Å². The number of piperidine rings is 1. The summed E-state index contributed by atoms with van der Waals surface area (Å²) >= 11 is 0. The Bertz CT molecular complexity index is 759. The Morgan fingerprint density at radius 1 is 1.03 bits per heavy atom. The van der Waals surface area contributed by atoms with E-state index in [0.717, 1.165) is 19.4 Å². The van der Waals surface area contributed by atoms with Crippen molar-refractivity contribution in [2.45, 2.75) is 19.3 Å². The van der Waals surface area contributed by atoms with Crippen molar-refractivity contribution in [3.05, 3.63) is 42.0 Å². The van der Waals surface area contributed by atoms with Gasteiger partial charge in [0.1, 0.15) is 12.4 Å². The van der Waals surface area contributed by atoms with Crippen LogP contribution in [0.2, 0.25) is 0 Å². The van der Waals surface area contributed by atoms with Crippen LogP contribution in [0.1, 0.15) is 29.6 Å². The number of carbonyl (C=O) groups is 2. The zero-order valence-electron chi connectivity index (χ0n) is 18.1. The van der Waals surface area contributed by atoms with E-state index in [2.05, 4.69) is 5.32 Å². The molecule has 1 fully saturated rings. The van der Waals surface area contributed by atoms with E-state index in [-0.39, 0.29) is 11.8 Å². The third-order valence-electron chi connectivity index (χ3n) is 5.89. The number of hydrogen-bond donors (Lipinski definition) is 1. The van der Waals surface area contributed by atoms with Crippen LogP contribution in [0.5, 0.6) is 5.75 Å². The van der Waals surface area contributed by atoms with Crippen LogP contribution < -0.4 is 10.1 Å². The molecule has 1 N–H and O–H groups in total. The summed E-state index contributed by atoms with van der Waals surface area (Å²) in [6.07, 6.45) is 6.50. The second-order valence-electron chi connectivity index (χ2n) is 8.11. The SMILES string of the molecule is CN1CCOCCN(C)C(=O)C2(C/C=C\COc3ccccc3C1=O)CCCNC2. The Morgan fingerprint density at radius 3 is 2.57 bits per heavy atom. The molecule has 1 aromatic carbocycles. The van der Waals surface area contributed by atoms with Crippen LogP contribution in [0.3, 0.4) is 0 Å². The maximum atomic E-state index is 13.2. The second-order valence-corrected chi connectivity index (χ2v) is 8.11. The van der Waals surface area contributed by atoms with Gasteiger partial charge >= 0.3 is 0 Å². The van der Waals surface area contributed by atoms with E-state index in [1.165, 1.54) is 0 Å². The number of hydrogen-bond acceptors (Lipinski definition) is 5. The third-order valence-corrected chi connectivity index (χ3v) is 5.89. The quantitative estimate of drug-likeness (QED) is 0.656. The Kier molecular flexibility index (Phi) is 7.87. The zero-order valence-corrected chi connectivity index (χ0v) is 18.1. The minimum absolute atomic E-state index is 0.0953. The molecule has 164 valence electrons. The molecule has 1 aromatic rings. The molecule has 1 spiro atoms. The highest BCUT2D eigenvalue weighted by Crippen LogP contribution is 2.33. The maximum absolute atomic E-state index is 13.2. The third kappa shape index (κ3) is 5.40. The summed E-state index contributed by atoms with van der Waals surface area (Å²) in [5.74, 6) is 0.627. The first kappa shape index (κ1) is 22.3. The molecule has 0 aromatic heterocycles. The summed E-state index contributed by atoms with van der Waals surface area (Å²) in [7, 11) is 3.60. The van der Waals surface area contributed by atoms with E-state index < -0.39 is 5.41 Å². The highest BCUT2D eigenvalue weighted by molar-refractivity contribution is 5.96. The smallest absolute Gasteiger partial charge is 0.257 e. The summed E-state index contributed by atoms with van der Waals surface area (Å²) in [5.41, 5.74) is 0.117. The van der Waals surface area contributed by atoms with Crippen molar-refractivity contribution in [1.82, 2.24) is 15.1 Å². The monoisotopic (exact) mass is 415 g/mol. The molecule has 2 heterocycles. The number of fused-ring (bicyclic) bond motifs is 1. The van der Waals surface area contributed by atoms with Gasteiger partial charge in [-0.2, -0.15) is 0 Å². The van der Waals surface area contributed by atoms with Crippen LogP contribution in [-0.2, 0) is 9.53 Å². The van der Waals surface area contributed by atoms with Gasteiger partial charge < -0.3 is 24.6 Å². The average molecular weight is 416 g/mol. The Balaban J connectivity index is 1.78. The molecule has 1 saturated heterocycles. The number of rotatable bonds is 0. The normalized spacial score (nSPS) is 26.1. The van der Waals surface area contributed by atoms with E-state index >= 15 is 0 Å². The summed E-state index contributed by atoms with van der Waals surface area (Å²) < 4.78 is 11.6. The van der Waals surface area contributed by atoms with E-state index in [9.17, 15) is 9.59 Å². The molecular formula is C23H33N3O4. The summed E-state index contributed by atoms with van der Waals surface area (Å²) in [5, 5.41) is 3.39. The molecule has 7 heteroatoms. The van der Waals surface area contributed by atoms with Crippen LogP contribution >= 0.6 is 0 Å². The number of allylic oxidation sites excluding steroid dienone is 1. The molecule has 0 saturated carbocycles. The highest BCUT2D eigenvalue weighted by atomic mass is 16.5. The number of carbonyl (C=O) groups excluding carboxylic acids is 2. The number of amides is 2. The van der Waals surface area contributed by atoms with Gasteiger partial charge in [-0.05, 0) is 37.9 Å². The number of likely N-dealkylation sites (N-methyl/N-ethyl adjacent to an activating group) is 2. The van der Waals surface area contributed by atoms with Gasteiger partial charge in [-0.25, -0.2) is 0 Å². The minimum atomic E-state index is -0.425. The van der Waals surface area contributed by atoms with Crippen LogP contribution in [0.25, 0.3) is 0 Å². The van der Waals surface area contributed by atoms with E-state index in [1.54, 1.807) is 22.9 Å². The minimum Gasteiger partial charge on any atom is -0.489 e. The zero-order chi connectivity index (χ0) is 21.4. The van der Waals surface area contributed by atoms with Gasteiger partial charge in [0, 0.05) is 33.7 Å². The molecule has 0 bridgehead atoms. The van der Waals surface area contributed by atoms with Crippen LogP contribution in [0, 0.1) is 5.41 Å². The predicted octanol–water partition coefficient (Wildman–Crippen LogP) is 1.94. The van der Waals surface area contributed by atoms with Gasteiger partial charge in [0.2, 0.25) is 5.91 Å². The van der Waals surface area contributed by atoms with Crippen LogP contribution in [0.4, 0.5) is 0 Å². The standard InChI is InChI=1S/C23H33N3O4/c1-25-13-16-29-17-14-26(2)22(28)23(11-7-12-24-18-23)10-5-6-15-30-20-9-4-3-8-19(20)21(25)27/h3-6,8-9,24H,7,10-18H2,1-2H3/b6-5-. The van der Waals surface area contributed by atoms with Gasteiger partial charge in [-0.3, -0.25) is 9.59 Å². The topological polar surface area (TPSA) is 71.1 Å². The van der Waals surface area contributed by atoms with Gasteiger partial charge in [0.25, 0.3) is 5.91 Å². The van der Waals surface area contributed by atoms with Crippen LogP contribution in [-0.4, -0.2) is 81.7 Å². The molecule has 1 atom stereocenters. The van der Waals surface area contributed by atoms with Gasteiger partial charge in [0.15, 0.2) is 0 Å². The number of nitrogens with one attached hydrogen (secondary N) is 1. The largest absolute Gasteiger partial charge is 0.489 e. The lowest BCUT2D eigenvalue weighted by molar-refractivity contribution is -0.142. The average Bonchev–Trinajstić information content (AvgIpc) is 2.77. The number of benzene rings is 1. The van der Waals surface area contributed by atoms with Crippen molar-refractivity contribution < 1.29 is 19.1 Å². The first-order valence-electron chi connectivity index (χ1n) is 10.7. The Labute approximate surface area is 179 Å². The number of ether oxygens (including phenoxy) is 2. The molecule has 30 heavy (non-hydrogen) atoms. The maximum Gasteiger partial charge on any atom is 0.257 e. The summed E-state index contributed by atoms with van der Waals surface area (Å²) in [6.45, 7) is 3.86. The van der Waals surface area contributed by atoms with Crippen molar-refractivity contribution >= 4 is 11.8 Å². The number of para-hydroxylation sites is 1. The lowest BCUT2D eigenvalue weighted by Gasteiger charge is -2.38. The van der Waals surface area contributed by atoms with Gasteiger partial charge in [-0.15, -0.1) is 0 Å². The molecule has 0 radical (unpaired) electrons. The molecular weight excluding hydrogens is 382 g/mol. The van der Waals surface area contributed by atoms with Gasteiger partial charge in [-0.1, -0.05) is 24.3 Å². The molecule has 7 nitrogen and oxygen atoms in total. The molecule has 2 amide bonds. The fraction of sp³-hybridized carbons (Fsp3) is 0.565. The number of nitrogens with zero attached hydrogens (tertiary/aromatic N) is 2. The van der Waals surface area contributed by atoms with Crippen molar-refractivity contribution in [2.24, 2.45) is 5.41 Å². The van der Waals surface area contributed by atoms with Crippen molar-refractivity contribution in [1.29, 1.82) is 0 Å². The molecule has 1 unspecified atom stereocenters. The predicted molar refractivity (Wildman–Crippen MR) is 116 cm³/mol. The second kappa shape index (κ2) is 10.6. The van der Waals surface area contributed by atoms with Crippen molar-refractivity contribution in [2.75, 3.05) is 60.1 Å². The molecule has 3 rings (SSSR count). The first-order chi connectivity index (χ1) is 14.5. The fourth-order valence-corrected chi connectivity index (χ4v) is 4.01. The lowest BCUT2D eigenvalue weighted by Crippen LogP contribution is -2.51. The fourth-order valence-electron chi connectivity index (χ4n) is 4.01. The van der Waals surface area contributed by atoms with Crippen molar-refractivity contribution in [3.8, 4) is 5.75 Å².